The average Bonchev–Trinajstić information content (AvgIpc) is 2.32. The highest BCUT2D eigenvalue weighted by Gasteiger charge is 2.17. The number of hydrogen-bond acceptors (Lipinski definition) is 4. The van der Waals surface area contributed by atoms with Gasteiger partial charge in [-0.05, 0) is 18.7 Å². The first-order chi connectivity index (χ1) is 8.45. The first-order valence-corrected chi connectivity index (χ1v) is 7.02. The standard InChI is InChI=1S/C11H14ClFN2O2S/c1-7(18-2)3-4-14-10-5-8(12)9(13)6-11(10)15(16)17/h5-7,14H,3-4H2,1-2H3. The van der Waals surface area contributed by atoms with E-state index in [-0.39, 0.29) is 16.4 Å². The van der Waals surface area contributed by atoms with Gasteiger partial charge in [-0.15, -0.1) is 0 Å². The highest BCUT2D eigenvalue weighted by molar-refractivity contribution is 7.99. The molecule has 1 rings (SSSR count). The Balaban J connectivity index is 2.80. The largest absolute Gasteiger partial charge is 0.379 e. The number of benzene rings is 1. The van der Waals surface area contributed by atoms with E-state index in [1.807, 2.05) is 6.26 Å². The molecule has 1 atom stereocenters. The molecule has 4 nitrogen and oxygen atoms in total. The summed E-state index contributed by atoms with van der Waals surface area (Å²) < 4.78 is 13.2. The Morgan fingerprint density at radius 2 is 2.28 bits per heavy atom. The molecule has 0 aliphatic carbocycles. The second-order valence-electron chi connectivity index (χ2n) is 3.80. The van der Waals surface area contributed by atoms with Crippen LogP contribution >= 0.6 is 23.4 Å². The molecule has 7 heteroatoms. The van der Waals surface area contributed by atoms with E-state index < -0.39 is 10.7 Å². The molecule has 0 aliphatic heterocycles. The molecule has 0 amide bonds. The van der Waals surface area contributed by atoms with Crippen LogP contribution in [0.5, 0.6) is 0 Å². The number of nitrogens with one attached hydrogen (secondary N) is 1. The van der Waals surface area contributed by atoms with Gasteiger partial charge in [0, 0.05) is 11.8 Å². The fourth-order valence-electron chi connectivity index (χ4n) is 1.36. The Morgan fingerprint density at radius 3 is 2.83 bits per heavy atom. The smallest absolute Gasteiger partial charge is 0.295 e. The molecule has 0 aromatic heterocycles. The van der Waals surface area contributed by atoms with Crippen molar-refractivity contribution < 1.29 is 9.31 Å². The number of thioether (sulfide) groups is 1. The van der Waals surface area contributed by atoms with Crippen LogP contribution in [0.2, 0.25) is 5.02 Å². The van der Waals surface area contributed by atoms with Crippen LogP contribution in [0.1, 0.15) is 13.3 Å². The summed E-state index contributed by atoms with van der Waals surface area (Å²) in [6, 6.07) is 2.08. The molecule has 100 valence electrons. The normalized spacial score (nSPS) is 12.2. The van der Waals surface area contributed by atoms with Gasteiger partial charge in [0.05, 0.1) is 16.0 Å². The zero-order chi connectivity index (χ0) is 13.7. The van der Waals surface area contributed by atoms with Crippen molar-refractivity contribution in [2.75, 3.05) is 18.1 Å². The summed E-state index contributed by atoms with van der Waals surface area (Å²) in [5, 5.41) is 14.0. The molecule has 1 aromatic rings. The summed E-state index contributed by atoms with van der Waals surface area (Å²) in [6.07, 6.45) is 2.86. The Kier molecular flexibility index (Phi) is 5.68. The van der Waals surface area contributed by atoms with Gasteiger partial charge < -0.3 is 5.32 Å². The topological polar surface area (TPSA) is 55.2 Å². The zero-order valence-corrected chi connectivity index (χ0v) is 11.6. The Morgan fingerprint density at radius 1 is 1.61 bits per heavy atom. The van der Waals surface area contributed by atoms with E-state index in [1.54, 1.807) is 11.8 Å². The molecular formula is C11H14ClFN2O2S. The second-order valence-corrected chi connectivity index (χ2v) is 5.49. The van der Waals surface area contributed by atoms with Crippen molar-refractivity contribution in [3.8, 4) is 0 Å². The summed E-state index contributed by atoms with van der Waals surface area (Å²) in [7, 11) is 0. The zero-order valence-electron chi connectivity index (χ0n) is 10.1. The third-order valence-corrected chi connectivity index (χ3v) is 3.83. The molecular weight excluding hydrogens is 279 g/mol. The Labute approximate surface area is 114 Å². The van der Waals surface area contributed by atoms with Gasteiger partial charge in [0.2, 0.25) is 0 Å². The van der Waals surface area contributed by atoms with Crippen molar-refractivity contribution in [3.63, 3.8) is 0 Å². The summed E-state index contributed by atoms with van der Waals surface area (Å²) in [6.45, 7) is 2.64. The quantitative estimate of drug-likeness (QED) is 0.637. The Hall–Kier alpha value is -1.01. The summed E-state index contributed by atoms with van der Waals surface area (Å²) in [5.74, 6) is -0.786. The lowest BCUT2D eigenvalue weighted by Crippen LogP contribution is -2.09. The van der Waals surface area contributed by atoms with E-state index in [1.165, 1.54) is 6.07 Å². The number of nitro groups is 1. The van der Waals surface area contributed by atoms with Crippen LogP contribution in [0.3, 0.4) is 0 Å². The van der Waals surface area contributed by atoms with Crippen molar-refractivity contribution in [2.24, 2.45) is 0 Å². The molecule has 18 heavy (non-hydrogen) atoms. The van der Waals surface area contributed by atoms with Crippen LogP contribution in [0, 0.1) is 15.9 Å². The summed E-state index contributed by atoms with van der Waals surface area (Å²) >= 11 is 7.33. The molecule has 0 aliphatic rings. The van der Waals surface area contributed by atoms with Crippen LogP contribution in [-0.2, 0) is 0 Å². The van der Waals surface area contributed by atoms with Crippen molar-refractivity contribution >= 4 is 34.7 Å². The lowest BCUT2D eigenvalue weighted by atomic mass is 10.2. The number of halogens is 2. The number of rotatable bonds is 6. The van der Waals surface area contributed by atoms with E-state index >= 15 is 0 Å². The van der Waals surface area contributed by atoms with Gasteiger partial charge in [0.15, 0.2) is 0 Å². The highest BCUT2D eigenvalue weighted by atomic mass is 35.5. The predicted octanol–water partition coefficient (Wildman–Crippen LogP) is 3.94. The van der Waals surface area contributed by atoms with Crippen LogP contribution < -0.4 is 5.32 Å². The van der Waals surface area contributed by atoms with Gasteiger partial charge in [-0.1, -0.05) is 18.5 Å². The van der Waals surface area contributed by atoms with Crippen LogP contribution in [-0.4, -0.2) is 23.0 Å². The third-order valence-electron chi connectivity index (χ3n) is 2.50. The first kappa shape index (κ1) is 15.0. The fraction of sp³-hybridized carbons (Fsp3) is 0.455. The minimum Gasteiger partial charge on any atom is -0.379 e. The molecule has 1 aromatic carbocycles. The highest BCUT2D eigenvalue weighted by Crippen LogP contribution is 2.30. The van der Waals surface area contributed by atoms with Crippen molar-refractivity contribution in [3.05, 3.63) is 33.1 Å². The number of nitro benzene ring substituents is 1. The van der Waals surface area contributed by atoms with Crippen LogP contribution in [0.4, 0.5) is 15.8 Å². The number of anilines is 1. The van der Waals surface area contributed by atoms with Gasteiger partial charge in [0.1, 0.15) is 11.5 Å². The summed E-state index contributed by atoms with van der Waals surface area (Å²) in [5.41, 5.74) is -0.0478. The predicted molar refractivity (Wildman–Crippen MR) is 74.1 cm³/mol. The first-order valence-electron chi connectivity index (χ1n) is 5.35. The molecule has 0 saturated carbocycles. The second kappa shape index (κ2) is 6.80. The molecule has 0 heterocycles. The monoisotopic (exact) mass is 292 g/mol. The van der Waals surface area contributed by atoms with Crippen molar-refractivity contribution in [1.29, 1.82) is 0 Å². The number of nitrogens with zero attached hydrogens (tertiary/aromatic N) is 1. The summed E-state index contributed by atoms with van der Waals surface area (Å²) in [4.78, 5) is 10.2. The van der Waals surface area contributed by atoms with E-state index in [0.29, 0.717) is 11.8 Å². The Bertz CT molecular complexity index is 445. The lowest BCUT2D eigenvalue weighted by molar-refractivity contribution is -0.384. The van der Waals surface area contributed by atoms with E-state index in [9.17, 15) is 14.5 Å². The van der Waals surface area contributed by atoms with Crippen molar-refractivity contribution in [2.45, 2.75) is 18.6 Å². The maximum absolute atomic E-state index is 13.2. The van der Waals surface area contributed by atoms with Crippen molar-refractivity contribution in [1.82, 2.24) is 0 Å². The number of hydrogen-bond donors (Lipinski definition) is 1. The van der Waals surface area contributed by atoms with E-state index in [2.05, 4.69) is 12.2 Å². The molecule has 0 fully saturated rings. The van der Waals surface area contributed by atoms with Crippen LogP contribution in [0.25, 0.3) is 0 Å². The molecule has 0 radical (unpaired) electrons. The van der Waals surface area contributed by atoms with Gasteiger partial charge in [0.25, 0.3) is 5.69 Å². The molecule has 0 bridgehead atoms. The van der Waals surface area contributed by atoms with Gasteiger partial charge >= 0.3 is 0 Å². The van der Waals surface area contributed by atoms with E-state index in [4.69, 9.17) is 11.6 Å². The minimum absolute atomic E-state index is 0.124. The molecule has 0 saturated heterocycles. The molecule has 0 spiro atoms. The van der Waals surface area contributed by atoms with Gasteiger partial charge in [-0.3, -0.25) is 10.1 Å². The van der Waals surface area contributed by atoms with Crippen LogP contribution in [0.15, 0.2) is 12.1 Å². The fourth-order valence-corrected chi connectivity index (χ4v) is 1.87. The lowest BCUT2D eigenvalue weighted by Gasteiger charge is -2.11. The van der Waals surface area contributed by atoms with Gasteiger partial charge in [-0.2, -0.15) is 11.8 Å². The maximum Gasteiger partial charge on any atom is 0.295 e. The molecule has 1 N–H and O–H groups in total. The maximum atomic E-state index is 13.2. The van der Waals surface area contributed by atoms with Gasteiger partial charge in [-0.25, -0.2) is 4.39 Å². The van der Waals surface area contributed by atoms with E-state index in [0.717, 1.165) is 12.5 Å². The SMILES string of the molecule is CSC(C)CCNc1cc(Cl)c(F)cc1[N+](=O)[O-]. The molecule has 1 unspecified atom stereocenters. The third kappa shape index (κ3) is 4.03. The minimum atomic E-state index is -0.786. The average molecular weight is 293 g/mol.